The van der Waals surface area contributed by atoms with Crippen LogP contribution >= 0.6 is 0 Å². The molecular weight excluding hydrogens is 343 g/mol. The topological polar surface area (TPSA) is 86.8 Å². The molecule has 0 radical (unpaired) electrons. The Morgan fingerprint density at radius 3 is 2.20 bits per heavy atom. The summed E-state index contributed by atoms with van der Waals surface area (Å²) in [5.74, 6) is -2.85. The van der Waals surface area contributed by atoms with E-state index in [1.807, 2.05) is 0 Å². The maximum atomic E-state index is 12.5. The Morgan fingerprint density at radius 2 is 1.68 bits per heavy atom. The first kappa shape index (κ1) is 16.9. The highest BCUT2D eigenvalue weighted by atomic mass is 19.4. The van der Waals surface area contributed by atoms with E-state index < -0.39 is 42.0 Å². The number of carbonyl (C=O) groups is 4. The van der Waals surface area contributed by atoms with Crippen LogP contribution in [0.4, 0.5) is 23.7 Å². The molecule has 1 aromatic rings. The van der Waals surface area contributed by atoms with Crippen LogP contribution in [0.3, 0.4) is 0 Å². The molecule has 5 amide bonds. The SMILES string of the molecule is O=C(CN1C(=O)C(=O)N(C2CC2)C1=O)Nc1ccc(C(F)(F)F)cc1. The van der Waals surface area contributed by atoms with Crippen molar-refractivity contribution < 1.29 is 32.3 Å². The van der Waals surface area contributed by atoms with Crippen molar-refractivity contribution in [3.8, 4) is 0 Å². The van der Waals surface area contributed by atoms with Gasteiger partial charge >= 0.3 is 24.0 Å². The van der Waals surface area contributed by atoms with Gasteiger partial charge < -0.3 is 5.32 Å². The normalized spacial score (nSPS) is 18.1. The van der Waals surface area contributed by atoms with E-state index in [4.69, 9.17) is 0 Å². The molecule has 7 nitrogen and oxygen atoms in total. The molecule has 0 bridgehead atoms. The number of carbonyl (C=O) groups excluding carboxylic acids is 4. The largest absolute Gasteiger partial charge is 0.416 e. The number of hydrogen-bond acceptors (Lipinski definition) is 4. The van der Waals surface area contributed by atoms with Crippen molar-refractivity contribution in [1.29, 1.82) is 0 Å². The average molecular weight is 355 g/mol. The van der Waals surface area contributed by atoms with Crippen LogP contribution in [0.25, 0.3) is 0 Å². The number of halogens is 3. The predicted molar refractivity (Wildman–Crippen MR) is 77.1 cm³/mol. The summed E-state index contributed by atoms with van der Waals surface area (Å²) in [5.41, 5.74) is -0.802. The number of rotatable bonds is 4. The summed E-state index contributed by atoms with van der Waals surface area (Å²) in [7, 11) is 0. The molecule has 10 heteroatoms. The second-order valence-corrected chi connectivity index (χ2v) is 5.70. The van der Waals surface area contributed by atoms with Crippen molar-refractivity contribution in [2.24, 2.45) is 0 Å². The summed E-state index contributed by atoms with van der Waals surface area (Å²) in [6.45, 7) is -0.687. The quantitative estimate of drug-likeness (QED) is 0.657. The second-order valence-electron chi connectivity index (χ2n) is 5.70. The van der Waals surface area contributed by atoms with Crippen molar-refractivity contribution in [3.63, 3.8) is 0 Å². The van der Waals surface area contributed by atoms with Gasteiger partial charge in [-0.05, 0) is 37.1 Å². The first-order valence-electron chi connectivity index (χ1n) is 7.34. The zero-order chi connectivity index (χ0) is 18.4. The molecule has 3 rings (SSSR count). The minimum atomic E-state index is -4.50. The van der Waals surface area contributed by atoms with E-state index in [0.29, 0.717) is 17.7 Å². The summed E-state index contributed by atoms with van der Waals surface area (Å²) in [6, 6.07) is 2.54. The van der Waals surface area contributed by atoms with Crippen LogP contribution < -0.4 is 5.32 Å². The van der Waals surface area contributed by atoms with Gasteiger partial charge in [-0.1, -0.05) is 0 Å². The van der Waals surface area contributed by atoms with E-state index in [9.17, 15) is 32.3 Å². The summed E-state index contributed by atoms with van der Waals surface area (Å²) >= 11 is 0. The Balaban J connectivity index is 1.63. The molecule has 1 heterocycles. The molecule has 1 aliphatic heterocycles. The lowest BCUT2D eigenvalue weighted by atomic mass is 10.2. The standard InChI is InChI=1S/C15H12F3N3O4/c16-15(17,18)8-1-3-9(4-2-8)19-11(22)7-20-12(23)13(24)21(14(20)25)10-5-6-10/h1-4,10H,5-7H2,(H,19,22). The molecule has 0 atom stereocenters. The summed E-state index contributed by atoms with van der Waals surface area (Å²) in [4.78, 5) is 48.9. The zero-order valence-electron chi connectivity index (χ0n) is 12.7. The number of alkyl halides is 3. The number of nitrogens with zero attached hydrogens (tertiary/aromatic N) is 2. The van der Waals surface area contributed by atoms with E-state index in [1.165, 1.54) is 0 Å². The maximum Gasteiger partial charge on any atom is 0.416 e. The first-order chi connectivity index (χ1) is 11.7. The van der Waals surface area contributed by atoms with Crippen LogP contribution in [-0.2, 0) is 20.6 Å². The lowest BCUT2D eigenvalue weighted by molar-refractivity contribution is -0.143. The number of benzene rings is 1. The fourth-order valence-electron chi connectivity index (χ4n) is 2.40. The molecule has 2 fully saturated rings. The lowest BCUT2D eigenvalue weighted by Gasteiger charge is -2.15. The highest BCUT2D eigenvalue weighted by Gasteiger charge is 2.51. The molecule has 1 saturated carbocycles. The van der Waals surface area contributed by atoms with Gasteiger partial charge in [0, 0.05) is 11.7 Å². The molecule has 132 valence electrons. The van der Waals surface area contributed by atoms with Crippen LogP contribution in [0.1, 0.15) is 18.4 Å². The van der Waals surface area contributed by atoms with Crippen molar-refractivity contribution >= 4 is 29.4 Å². The summed E-state index contributed by atoms with van der Waals surface area (Å²) in [6.07, 6.45) is -3.25. The third-order valence-corrected chi connectivity index (χ3v) is 3.79. The molecule has 1 aromatic carbocycles. The minimum absolute atomic E-state index is 0.0717. The number of imide groups is 2. The second kappa shape index (κ2) is 5.87. The van der Waals surface area contributed by atoms with Crippen molar-refractivity contribution in [3.05, 3.63) is 29.8 Å². The van der Waals surface area contributed by atoms with E-state index in [-0.39, 0.29) is 11.7 Å². The van der Waals surface area contributed by atoms with Gasteiger partial charge in [0.1, 0.15) is 6.54 Å². The van der Waals surface area contributed by atoms with Gasteiger partial charge in [-0.3, -0.25) is 19.3 Å². The Bertz CT molecular complexity index is 756. The van der Waals surface area contributed by atoms with E-state index in [0.717, 1.165) is 29.2 Å². The number of nitrogens with one attached hydrogen (secondary N) is 1. The van der Waals surface area contributed by atoms with Crippen LogP contribution in [0.15, 0.2) is 24.3 Å². The van der Waals surface area contributed by atoms with E-state index in [1.54, 1.807) is 0 Å². The lowest BCUT2D eigenvalue weighted by Crippen LogP contribution is -2.39. The Labute approximate surface area is 139 Å². The van der Waals surface area contributed by atoms with Gasteiger partial charge in [0.15, 0.2) is 0 Å². The van der Waals surface area contributed by atoms with Gasteiger partial charge in [0.2, 0.25) is 5.91 Å². The molecule has 25 heavy (non-hydrogen) atoms. The number of anilines is 1. The number of amides is 5. The average Bonchev–Trinajstić information content (AvgIpc) is 3.33. The molecule has 1 aliphatic carbocycles. The molecule has 0 unspecified atom stereocenters. The van der Waals surface area contributed by atoms with Crippen molar-refractivity contribution in [1.82, 2.24) is 9.80 Å². The molecule has 2 aliphatic rings. The minimum Gasteiger partial charge on any atom is -0.325 e. The zero-order valence-corrected chi connectivity index (χ0v) is 12.7. The van der Waals surface area contributed by atoms with Gasteiger partial charge in [0.25, 0.3) is 0 Å². The molecule has 1 saturated heterocycles. The van der Waals surface area contributed by atoms with Crippen LogP contribution in [0.5, 0.6) is 0 Å². The highest BCUT2D eigenvalue weighted by molar-refractivity contribution is 6.45. The van der Waals surface area contributed by atoms with Gasteiger partial charge in [-0.15, -0.1) is 0 Å². The van der Waals surface area contributed by atoms with Crippen molar-refractivity contribution in [2.75, 3.05) is 11.9 Å². The predicted octanol–water partition coefficient (Wildman–Crippen LogP) is 1.60. The molecule has 0 spiro atoms. The van der Waals surface area contributed by atoms with Crippen LogP contribution in [0, 0.1) is 0 Å². The number of hydrogen-bond donors (Lipinski definition) is 1. The Hall–Kier alpha value is -2.91. The van der Waals surface area contributed by atoms with Crippen LogP contribution in [-0.4, -0.2) is 46.1 Å². The van der Waals surface area contributed by atoms with Crippen LogP contribution in [0.2, 0.25) is 0 Å². The maximum absolute atomic E-state index is 12.5. The van der Waals surface area contributed by atoms with E-state index >= 15 is 0 Å². The molecule has 0 aromatic heterocycles. The van der Waals surface area contributed by atoms with Gasteiger partial charge in [0.05, 0.1) is 5.56 Å². The smallest absolute Gasteiger partial charge is 0.325 e. The highest BCUT2D eigenvalue weighted by Crippen LogP contribution is 2.31. The Morgan fingerprint density at radius 1 is 1.08 bits per heavy atom. The van der Waals surface area contributed by atoms with E-state index in [2.05, 4.69) is 5.32 Å². The monoisotopic (exact) mass is 355 g/mol. The van der Waals surface area contributed by atoms with Gasteiger partial charge in [-0.2, -0.15) is 13.2 Å². The molecule has 1 N–H and O–H groups in total. The third kappa shape index (κ3) is 3.32. The van der Waals surface area contributed by atoms with Crippen molar-refractivity contribution in [2.45, 2.75) is 25.1 Å². The summed E-state index contributed by atoms with van der Waals surface area (Å²) < 4.78 is 37.4. The molecular formula is C15H12F3N3O4. The number of urea groups is 1. The fourth-order valence-corrected chi connectivity index (χ4v) is 2.40. The fraction of sp³-hybridized carbons (Fsp3) is 0.333. The summed E-state index contributed by atoms with van der Waals surface area (Å²) in [5, 5.41) is 2.28. The Kier molecular flexibility index (Phi) is 3.97. The first-order valence-corrected chi connectivity index (χ1v) is 7.34. The van der Waals surface area contributed by atoms with Gasteiger partial charge in [-0.25, -0.2) is 9.69 Å². The third-order valence-electron chi connectivity index (χ3n) is 3.79.